The van der Waals surface area contributed by atoms with Crippen molar-refractivity contribution in [1.82, 2.24) is 19.5 Å². The lowest BCUT2D eigenvalue weighted by Gasteiger charge is -2.29. The number of carbonyl (C=O) groups excluding carboxylic acids is 2. The average molecular weight is 485 g/mol. The summed E-state index contributed by atoms with van der Waals surface area (Å²) >= 11 is 0. The second kappa shape index (κ2) is 9.31. The number of imidazole rings is 1. The van der Waals surface area contributed by atoms with Gasteiger partial charge in [-0.3, -0.25) is 23.2 Å². The number of ether oxygens (including phenoxy) is 3. The molecule has 0 saturated carbocycles. The molecule has 180 valence electrons. The van der Waals surface area contributed by atoms with E-state index in [0.717, 1.165) is 0 Å². The number of aromatic nitrogens is 4. The van der Waals surface area contributed by atoms with Crippen LogP contribution in [-0.2, 0) is 32.7 Å². The number of rotatable bonds is 7. The molecule has 0 radical (unpaired) electrons. The Morgan fingerprint density at radius 2 is 2.00 bits per heavy atom. The van der Waals surface area contributed by atoms with Crippen LogP contribution in [0.15, 0.2) is 6.33 Å². The molecule has 3 N–H and O–H groups in total. The number of phosphoric ester groups is 1. The van der Waals surface area contributed by atoms with Crippen molar-refractivity contribution in [3.63, 3.8) is 0 Å². The Hall–Kier alpha value is -2.64. The molecule has 2 aromatic rings. The monoisotopic (exact) mass is 485 g/mol. The molecule has 0 spiro atoms. The Morgan fingerprint density at radius 1 is 1.27 bits per heavy atom. The highest BCUT2D eigenvalue weighted by atomic mass is 31.2. The van der Waals surface area contributed by atoms with Crippen molar-refractivity contribution in [1.29, 1.82) is 0 Å². The van der Waals surface area contributed by atoms with E-state index in [1.54, 1.807) is 0 Å². The molecule has 5 atom stereocenters. The topological polar surface area (TPSA) is 187 Å². The highest BCUT2D eigenvalue weighted by Gasteiger charge is 2.55. The Balaban J connectivity index is 1.71. The first-order chi connectivity index (χ1) is 15.7. The molecule has 4 heterocycles. The number of anilines is 1. The lowest BCUT2D eigenvalue weighted by atomic mass is 10.1. The molecule has 15 heteroatoms. The molecule has 2 aliphatic rings. The first-order valence-corrected chi connectivity index (χ1v) is 11.9. The Morgan fingerprint density at radius 3 is 2.73 bits per heavy atom. The minimum atomic E-state index is -4.34. The van der Waals surface area contributed by atoms with Crippen molar-refractivity contribution in [3.8, 4) is 6.01 Å². The van der Waals surface area contributed by atoms with Gasteiger partial charge in [-0.05, 0) is 12.8 Å². The van der Waals surface area contributed by atoms with E-state index in [0.29, 0.717) is 12.8 Å². The van der Waals surface area contributed by atoms with Crippen molar-refractivity contribution in [2.75, 3.05) is 12.3 Å². The summed E-state index contributed by atoms with van der Waals surface area (Å²) in [6.07, 6.45) is -1.27. The number of esters is 2. The maximum Gasteiger partial charge on any atom is 0.472 e. The van der Waals surface area contributed by atoms with E-state index in [-0.39, 0.29) is 42.4 Å². The van der Waals surface area contributed by atoms with Gasteiger partial charge in [0.25, 0.3) is 0 Å². The van der Waals surface area contributed by atoms with E-state index in [2.05, 4.69) is 15.0 Å². The minimum Gasteiger partial charge on any atom is -0.455 e. The summed E-state index contributed by atoms with van der Waals surface area (Å²) in [5, 5.41) is 0. The van der Waals surface area contributed by atoms with Crippen LogP contribution in [-0.4, -0.2) is 61.3 Å². The smallest absolute Gasteiger partial charge is 0.455 e. The van der Waals surface area contributed by atoms with Gasteiger partial charge in [0.05, 0.1) is 12.9 Å². The van der Waals surface area contributed by atoms with Crippen LogP contribution >= 0.6 is 7.82 Å². The molecule has 4 rings (SSSR count). The van der Waals surface area contributed by atoms with Crippen molar-refractivity contribution < 1.29 is 42.3 Å². The molecule has 0 amide bonds. The molecule has 1 unspecified atom stereocenters. The molecule has 2 saturated heterocycles. The van der Waals surface area contributed by atoms with E-state index in [4.69, 9.17) is 29.0 Å². The summed E-state index contributed by atoms with van der Waals surface area (Å²) in [7, 11) is -4.34. The Labute approximate surface area is 187 Å². The Kier molecular flexibility index (Phi) is 6.64. The third-order valence-corrected chi connectivity index (χ3v) is 6.01. The zero-order valence-electron chi connectivity index (χ0n) is 17.9. The van der Waals surface area contributed by atoms with Gasteiger partial charge in [0.2, 0.25) is 0 Å². The second-order valence-electron chi connectivity index (χ2n) is 7.54. The third kappa shape index (κ3) is 4.84. The number of nitrogen functional groups attached to an aromatic ring is 1. The molecular weight excluding hydrogens is 461 g/mol. The largest absolute Gasteiger partial charge is 0.472 e. The van der Waals surface area contributed by atoms with E-state index in [1.807, 2.05) is 13.8 Å². The predicted octanol–water partition coefficient (Wildman–Crippen LogP) is 1.24. The summed E-state index contributed by atoms with van der Waals surface area (Å²) in [5.41, 5.74) is 6.32. The average Bonchev–Trinajstić information content (AvgIpc) is 3.29. The zero-order valence-corrected chi connectivity index (χ0v) is 18.8. The molecule has 14 nitrogen and oxygen atoms in total. The van der Waals surface area contributed by atoms with Crippen LogP contribution in [0.25, 0.3) is 11.2 Å². The van der Waals surface area contributed by atoms with E-state index in [9.17, 15) is 19.0 Å². The number of nitrogens with two attached hydrogens (primary N) is 1. The summed E-state index contributed by atoms with van der Waals surface area (Å²) < 4.78 is 40.1. The third-order valence-electron chi connectivity index (χ3n) is 5.03. The van der Waals surface area contributed by atoms with Gasteiger partial charge in [0, 0.05) is 12.8 Å². The molecule has 0 aliphatic carbocycles. The van der Waals surface area contributed by atoms with Crippen LogP contribution in [0, 0.1) is 0 Å². The second-order valence-corrected chi connectivity index (χ2v) is 8.95. The molecule has 2 fully saturated rings. The van der Waals surface area contributed by atoms with E-state index < -0.39 is 44.3 Å². The highest BCUT2D eigenvalue weighted by molar-refractivity contribution is 7.47. The van der Waals surface area contributed by atoms with Gasteiger partial charge >= 0.3 is 25.8 Å². The predicted molar refractivity (Wildman–Crippen MR) is 110 cm³/mol. The van der Waals surface area contributed by atoms with Crippen molar-refractivity contribution in [3.05, 3.63) is 6.33 Å². The van der Waals surface area contributed by atoms with E-state index in [1.165, 1.54) is 10.9 Å². The van der Waals surface area contributed by atoms with Crippen LogP contribution < -0.4 is 10.5 Å². The molecule has 0 bridgehead atoms. The fraction of sp³-hybridized carbons (Fsp3) is 0.611. The first kappa shape index (κ1) is 23.5. The van der Waals surface area contributed by atoms with Gasteiger partial charge in [0.15, 0.2) is 29.3 Å². The maximum absolute atomic E-state index is 12.3. The number of phosphoric acid groups is 1. The van der Waals surface area contributed by atoms with Gasteiger partial charge < -0.3 is 24.8 Å². The maximum atomic E-state index is 12.3. The summed E-state index contributed by atoms with van der Waals surface area (Å²) in [4.78, 5) is 46.3. The first-order valence-electron chi connectivity index (χ1n) is 10.4. The fourth-order valence-electron chi connectivity index (χ4n) is 3.59. The van der Waals surface area contributed by atoms with Crippen LogP contribution in [0.2, 0.25) is 0 Å². The van der Waals surface area contributed by atoms with Crippen LogP contribution in [0.4, 0.5) is 5.82 Å². The standard InChI is InChI=1S/C18H24N5O9P/c1-3-5-10(24)30-14-13-9(7-28-33(26,27)32-13)29-17(14)23-8-20-12-15(19)21-18(22-16(12)23)31-11(25)6-4-2/h8-9,13-14,17H,3-7H2,1-2H3,(H,26,27)(H2,19,21,22)/t9-,13-,14-,17-/m1/s1. The quantitative estimate of drug-likeness (QED) is 0.421. The summed E-state index contributed by atoms with van der Waals surface area (Å²) in [6, 6.07) is -0.269. The number of fused-ring (bicyclic) bond motifs is 2. The number of carbonyl (C=O) groups is 2. The number of nitrogens with zero attached hydrogens (tertiary/aromatic N) is 4. The van der Waals surface area contributed by atoms with Gasteiger partial charge in [-0.2, -0.15) is 9.97 Å². The van der Waals surface area contributed by atoms with Crippen molar-refractivity contribution in [2.24, 2.45) is 0 Å². The molecule has 0 aromatic carbocycles. The van der Waals surface area contributed by atoms with Crippen LogP contribution in [0.1, 0.15) is 45.8 Å². The Bertz CT molecular complexity index is 1110. The van der Waals surface area contributed by atoms with Gasteiger partial charge in [-0.15, -0.1) is 0 Å². The van der Waals surface area contributed by atoms with Gasteiger partial charge in [-0.25, -0.2) is 9.55 Å². The zero-order chi connectivity index (χ0) is 23.8. The molecular formula is C18H24N5O9P. The molecule has 2 aliphatic heterocycles. The van der Waals surface area contributed by atoms with Crippen LogP contribution in [0.5, 0.6) is 6.01 Å². The van der Waals surface area contributed by atoms with Gasteiger partial charge in [0.1, 0.15) is 12.2 Å². The number of hydrogen-bond acceptors (Lipinski definition) is 12. The lowest BCUT2D eigenvalue weighted by molar-refractivity contribution is -0.158. The lowest BCUT2D eigenvalue weighted by Crippen LogP contribution is -2.41. The van der Waals surface area contributed by atoms with Crippen molar-refractivity contribution >= 4 is 36.7 Å². The van der Waals surface area contributed by atoms with Crippen LogP contribution in [0.3, 0.4) is 0 Å². The van der Waals surface area contributed by atoms with E-state index >= 15 is 0 Å². The SMILES string of the molecule is CCCC(=O)Oc1nc(N)c2ncn([C@@H]3O[C@@H]4COP(=O)(O)O[C@H]4[C@H]3OC(=O)CCC)c2n1. The molecule has 33 heavy (non-hydrogen) atoms. The normalized spacial score (nSPS) is 29.1. The summed E-state index contributed by atoms with van der Waals surface area (Å²) in [6.45, 7) is 3.38. The number of hydrogen-bond donors (Lipinski definition) is 2. The van der Waals surface area contributed by atoms with Crippen molar-refractivity contribution in [2.45, 2.75) is 64.1 Å². The summed E-state index contributed by atoms with van der Waals surface area (Å²) in [5.74, 6) is -1.10. The highest BCUT2D eigenvalue weighted by Crippen LogP contribution is 2.53. The minimum absolute atomic E-state index is 0.0348. The fourth-order valence-corrected chi connectivity index (χ4v) is 4.55. The van der Waals surface area contributed by atoms with Gasteiger partial charge in [-0.1, -0.05) is 13.8 Å². The molecule has 2 aromatic heterocycles.